The molecule has 0 unspecified atom stereocenters. The minimum atomic E-state index is -1.16. The Bertz CT molecular complexity index is 1530. The average molecular weight is 474 g/mol. The zero-order valence-electron chi connectivity index (χ0n) is 18.1. The number of aliphatic carboxylic acids is 1. The molecule has 1 atom stereocenters. The molecule has 9 heteroatoms. The maximum atomic E-state index is 13.4. The van der Waals surface area contributed by atoms with Crippen molar-refractivity contribution >= 4 is 22.9 Å². The third kappa shape index (κ3) is 3.93. The van der Waals surface area contributed by atoms with Crippen LogP contribution in [0.1, 0.15) is 23.5 Å². The number of carbonyl (C=O) groups excluding carboxylic acids is 1. The maximum Gasteiger partial charge on any atom is 0.341 e. The Labute approximate surface area is 197 Å². The fraction of sp³-hybridized carbons (Fsp3) is 0.115. The van der Waals surface area contributed by atoms with Gasteiger partial charge in [-0.2, -0.15) is 0 Å². The average Bonchev–Trinajstić information content (AvgIpc) is 2.83. The van der Waals surface area contributed by atoms with Crippen LogP contribution in [0.4, 0.5) is 0 Å². The maximum absolute atomic E-state index is 13.4. The molecular formula is C26H18O9. The van der Waals surface area contributed by atoms with Crippen LogP contribution in [0, 0.1) is 0 Å². The van der Waals surface area contributed by atoms with Crippen molar-refractivity contribution in [2.45, 2.75) is 12.3 Å². The molecule has 5 rings (SSSR count). The number of fused-ring (bicyclic) bond motifs is 3. The van der Waals surface area contributed by atoms with Crippen LogP contribution in [0.15, 0.2) is 70.1 Å². The van der Waals surface area contributed by atoms with Crippen molar-refractivity contribution in [2.75, 3.05) is 6.61 Å². The highest BCUT2D eigenvalue weighted by atomic mass is 16.5. The predicted octanol–water partition coefficient (Wildman–Crippen LogP) is 3.78. The second-order valence-corrected chi connectivity index (χ2v) is 7.99. The number of carboxylic acids is 1. The van der Waals surface area contributed by atoms with E-state index < -0.39 is 35.6 Å². The summed E-state index contributed by atoms with van der Waals surface area (Å²) in [5.74, 6) is -2.53. The van der Waals surface area contributed by atoms with E-state index >= 15 is 0 Å². The second kappa shape index (κ2) is 8.53. The first-order valence-corrected chi connectivity index (χ1v) is 10.6. The molecule has 0 spiro atoms. The number of hydrogen-bond acceptors (Lipinski definition) is 8. The molecule has 1 aromatic heterocycles. The highest BCUT2D eigenvalue weighted by molar-refractivity contribution is 5.94. The van der Waals surface area contributed by atoms with E-state index in [1.54, 1.807) is 36.4 Å². The van der Waals surface area contributed by atoms with Crippen molar-refractivity contribution in [1.82, 2.24) is 0 Å². The Morgan fingerprint density at radius 3 is 2.54 bits per heavy atom. The summed E-state index contributed by atoms with van der Waals surface area (Å²) in [6.45, 7) is -0.581. The molecule has 4 aromatic rings. The van der Waals surface area contributed by atoms with Crippen LogP contribution < -0.4 is 14.9 Å². The standard InChI is InChI=1S/C26H18O9/c27-14-7-5-13(6-8-14)17-11-34-26-23-16(15-3-1-2-4-19(15)33-12-21(29)30)9-22(31)35-20(23)10-18(28)24(26)25(17)32/h1-8,10-11,16,27-28H,9,12H2,(H,29,30)/t16-/m0/s1. The van der Waals surface area contributed by atoms with E-state index in [2.05, 4.69) is 0 Å². The molecule has 3 N–H and O–H groups in total. The van der Waals surface area contributed by atoms with Crippen LogP contribution in [-0.2, 0) is 9.59 Å². The smallest absolute Gasteiger partial charge is 0.341 e. The molecule has 0 radical (unpaired) electrons. The molecule has 0 saturated carbocycles. The minimum Gasteiger partial charge on any atom is -0.508 e. The lowest BCUT2D eigenvalue weighted by Crippen LogP contribution is -2.23. The number of para-hydroxylation sites is 1. The van der Waals surface area contributed by atoms with E-state index in [0.717, 1.165) is 0 Å². The molecule has 0 saturated heterocycles. The number of benzene rings is 3. The number of carboxylic acid groups (broad SMARTS) is 1. The van der Waals surface area contributed by atoms with Gasteiger partial charge in [-0.05, 0) is 23.8 Å². The number of esters is 1. The molecule has 0 amide bonds. The summed E-state index contributed by atoms with van der Waals surface area (Å²) in [5, 5.41) is 29.2. The molecule has 0 bridgehead atoms. The molecule has 2 heterocycles. The highest BCUT2D eigenvalue weighted by Gasteiger charge is 2.35. The van der Waals surface area contributed by atoms with Gasteiger partial charge < -0.3 is 29.2 Å². The normalized spacial score (nSPS) is 14.9. The number of carbonyl (C=O) groups is 2. The molecule has 1 aliphatic heterocycles. The van der Waals surface area contributed by atoms with Gasteiger partial charge in [0.1, 0.15) is 40.2 Å². The molecule has 0 aliphatic carbocycles. The third-order valence-electron chi connectivity index (χ3n) is 5.79. The molecular weight excluding hydrogens is 456 g/mol. The van der Waals surface area contributed by atoms with E-state index in [4.69, 9.17) is 19.0 Å². The van der Waals surface area contributed by atoms with Crippen LogP contribution in [0.2, 0.25) is 0 Å². The lowest BCUT2D eigenvalue weighted by molar-refractivity contribution is -0.139. The topological polar surface area (TPSA) is 144 Å². The van der Waals surface area contributed by atoms with Crippen molar-refractivity contribution in [2.24, 2.45) is 0 Å². The number of aromatic hydroxyl groups is 2. The van der Waals surface area contributed by atoms with Gasteiger partial charge in [0.15, 0.2) is 6.61 Å². The first-order chi connectivity index (χ1) is 16.8. The number of phenolic OH excluding ortho intramolecular Hbond substituents is 2. The largest absolute Gasteiger partial charge is 0.508 e. The van der Waals surface area contributed by atoms with E-state index in [0.29, 0.717) is 16.7 Å². The number of phenols is 2. The van der Waals surface area contributed by atoms with Crippen molar-refractivity contribution in [3.63, 3.8) is 0 Å². The zero-order valence-corrected chi connectivity index (χ0v) is 18.1. The van der Waals surface area contributed by atoms with E-state index in [1.807, 2.05) is 0 Å². The third-order valence-corrected chi connectivity index (χ3v) is 5.79. The fourth-order valence-electron chi connectivity index (χ4n) is 4.28. The number of hydrogen-bond donors (Lipinski definition) is 3. The first-order valence-electron chi connectivity index (χ1n) is 10.6. The minimum absolute atomic E-state index is 0.0317. The van der Waals surface area contributed by atoms with Gasteiger partial charge in [0.2, 0.25) is 5.43 Å². The molecule has 35 heavy (non-hydrogen) atoms. The van der Waals surface area contributed by atoms with Gasteiger partial charge in [-0.3, -0.25) is 9.59 Å². The van der Waals surface area contributed by atoms with Gasteiger partial charge >= 0.3 is 11.9 Å². The van der Waals surface area contributed by atoms with Crippen molar-refractivity contribution in [3.8, 4) is 34.1 Å². The van der Waals surface area contributed by atoms with Crippen molar-refractivity contribution in [1.29, 1.82) is 0 Å². The quantitative estimate of drug-likeness (QED) is 0.291. The first kappa shape index (κ1) is 22.0. The van der Waals surface area contributed by atoms with E-state index in [1.165, 1.54) is 24.5 Å². The summed E-state index contributed by atoms with van der Waals surface area (Å²) in [6.07, 6.45) is 1.13. The summed E-state index contributed by atoms with van der Waals surface area (Å²) in [5.41, 5.74) is 1.04. The summed E-state index contributed by atoms with van der Waals surface area (Å²) < 4.78 is 16.7. The summed E-state index contributed by atoms with van der Waals surface area (Å²) in [7, 11) is 0. The van der Waals surface area contributed by atoms with E-state index in [9.17, 15) is 24.6 Å². The molecule has 1 aliphatic rings. The van der Waals surface area contributed by atoms with Gasteiger partial charge in [0.05, 0.1) is 12.0 Å². The fourth-order valence-corrected chi connectivity index (χ4v) is 4.28. The van der Waals surface area contributed by atoms with Gasteiger partial charge in [0.25, 0.3) is 0 Å². The van der Waals surface area contributed by atoms with Gasteiger partial charge in [0, 0.05) is 23.1 Å². The predicted molar refractivity (Wildman–Crippen MR) is 123 cm³/mol. The highest BCUT2D eigenvalue weighted by Crippen LogP contribution is 2.47. The van der Waals surface area contributed by atoms with Crippen molar-refractivity contribution < 1.29 is 38.8 Å². The van der Waals surface area contributed by atoms with Crippen LogP contribution in [0.25, 0.3) is 22.1 Å². The summed E-state index contributed by atoms with van der Waals surface area (Å²) >= 11 is 0. The van der Waals surface area contributed by atoms with Crippen molar-refractivity contribution in [3.05, 3.63) is 82.2 Å². The van der Waals surface area contributed by atoms with Gasteiger partial charge in [-0.25, -0.2) is 4.79 Å². The molecule has 9 nitrogen and oxygen atoms in total. The lowest BCUT2D eigenvalue weighted by Gasteiger charge is -2.27. The van der Waals surface area contributed by atoms with Crippen LogP contribution in [-0.4, -0.2) is 33.9 Å². The monoisotopic (exact) mass is 474 g/mol. The van der Waals surface area contributed by atoms with Gasteiger partial charge in [-0.15, -0.1) is 0 Å². The van der Waals surface area contributed by atoms with Crippen LogP contribution in [0.3, 0.4) is 0 Å². The Balaban J connectivity index is 1.73. The second-order valence-electron chi connectivity index (χ2n) is 7.99. The molecule has 176 valence electrons. The molecule has 0 fully saturated rings. The van der Waals surface area contributed by atoms with Crippen LogP contribution in [0.5, 0.6) is 23.0 Å². The SMILES string of the molecule is O=C(O)COc1ccccc1[C@@H]1CC(=O)Oc2cc(O)c3c(=O)c(-c4ccc(O)cc4)coc3c21. The van der Waals surface area contributed by atoms with Gasteiger partial charge in [-0.1, -0.05) is 30.3 Å². The summed E-state index contributed by atoms with van der Waals surface area (Å²) in [6, 6.07) is 13.8. The van der Waals surface area contributed by atoms with Crippen LogP contribution >= 0.6 is 0 Å². The Kier molecular flexibility index (Phi) is 5.37. The number of ether oxygens (including phenoxy) is 2. The zero-order chi connectivity index (χ0) is 24.7. The molecule has 3 aromatic carbocycles. The Morgan fingerprint density at radius 2 is 1.80 bits per heavy atom. The summed E-state index contributed by atoms with van der Waals surface area (Å²) in [4.78, 5) is 36.8. The lowest BCUT2D eigenvalue weighted by atomic mass is 9.84. The number of rotatable bonds is 5. The Morgan fingerprint density at radius 1 is 1.06 bits per heavy atom. The Hall–Kier alpha value is -4.79. The van der Waals surface area contributed by atoms with E-state index in [-0.39, 0.29) is 40.2 Å².